The molecule has 0 radical (unpaired) electrons. The molecule has 1 saturated heterocycles. The number of methoxy groups -OCH3 is 1. The van der Waals surface area contributed by atoms with Gasteiger partial charge >= 0.3 is 0 Å². The second-order valence-electron chi connectivity index (χ2n) is 8.08. The van der Waals surface area contributed by atoms with Crippen LogP contribution in [-0.2, 0) is 4.79 Å². The van der Waals surface area contributed by atoms with Crippen LogP contribution in [0.3, 0.4) is 0 Å². The van der Waals surface area contributed by atoms with Crippen molar-refractivity contribution in [2.45, 2.75) is 12.8 Å². The molecule has 0 aliphatic carbocycles. The number of aromatic nitrogens is 2. The molecule has 1 fully saturated rings. The summed E-state index contributed by atoms with van der Waals surface area (Å²) in [6.07, 6.45) is 4.65. The smallest absolute Gasteiger partial charge is 0.263 e. The number of benzene rings is 2. The molecule has 1 amide bonds. The molecule has 2 aromatic carbocycles. The molecular weight excluding hydrogens is 436 g/mol. The van der Waals surface area contributed by atoms with Crippen molar-refractivity contribution in [3.63, 3.8) is 0 Å². The maximum atomic E-state index is 12.9. The number of ether oxygens (including phenoxy) is 4. The highest BCUT2D eigenvalue weighted by Gasteiger charge is 2.28. The van der Waals surface area contributed by atoms with Crippen molar-refractivity contribution in [2.24, 2.45) is 5.92 Å². The van der Waals surface area contributed by atoms with Gasteiger partial charge in [-0.1, -0.05) is 6.07 Å². The number of carbonyl (C=O) groups is 1. The van der Waals surface area contributed by atoms with Crippen LogP contribution in [0, 0.1) is 5.92 Å². The van der Waals surface area contributed by atoms with Gasteiger partial charge in [-0.05, 0) is 37.1 Å². The molecule has 9 heteroatoms. The summed E-state index contributed by atoms with van der Waals surface area (Å²) in [5.41, 5.74) is 0.708. The molecule has 3 aromatic rings. The number of nitrogens with one attached hydrogen (secondary N) is 1. The molecule has 0 saturated carbocycles. The van der Waals surface area contributed by atoms with E-state index in [0.29, 0.717) is 79.5 Å². The van der Waals surface area contributed by atoms with E-state index in [9.17, 15) is 4.79 Å². The van der Waals surface area contributed by atoms with Crippen LogP contribution in [0.5, 0.6) is 28.9 Å². The van der Waals surface area contributed by atoms with Crippen molar-refractivity contribution in [3.05, 3.63) is 54.9 Å². The van der Waals surface area contributed by atoms with Crippen molar-refractivity contribution < 1.29 is 23.7 Å². The van der Waals surface area contributed by atoms with Gasteiger partial charge in [0.2, 0.25) is 5.91 Å². The van der Waals surface area contributed by atoms with E-state index in [1.165, 1.54) is 0 Å². The molecule has 3 heterocycles. The molecule has 176 valence electrons. The Labute approximate surface area is 197 Å². The molecule has 5 rings (SSSR count). The molecule has 0 atom stereocenters. The average Bonchev–Trinajstić information content (AvgIpc) is 2.89. The first-order chi connectivity index (χ1) is 16.7. The number of hydrogen-bond donors (Lipinski definition) is 1. The van der Waals surface area contributed by atoms with Gasteiger partial charge in [-0.3, -0.25) is 4.79 Å². The van der Waals surface area contributed by atoms with Crippen LogP contribution in [0.25, 0.3) is 0 Å². The lowest BCUT2D eigenvalue weighted by Gasteiger charge is -2.32. The van der Waals surface area contributed by atoms with Gasteiger partial charge in [-0.2, -0.15) is 0 Å². The fourth-order valence-electron chi connectivity index (χ4n) is 4.10. The van der Waals surface area contributed by atoms with Crippen molar-refractivity contribution in [3.8, 4) is 28.9 Å². The van der Waals surface area contributed by atoms with Crippen LogP contribution in [0.1, 0.15) is 12.8 Å². The third-order valence-electron chi connectivity index (χ3n) is 5.88. The van der Waals surface area contributed by atoms with Gasteiger partial charge in [0.1, 0.15) is 24.7 Å². The maximum absolute atomic E-state index is 12.9. The summed E-state index contributed by atoms with van der Waals surface area (Å²) in [6.45, 7) is 2.39. The summed E-state index contributed by atoms with van der Waals surface area (Å²) in [4.78, 5) is 23.9. The zero-order valence-electron chi connectivity index (χ0n) is 18.9. The van der Waals surface area contributed by atoms with E-state index in [1.807, 2.05) is 36.4 Å². The van der Waals surface area contributed by atoms with Crippen molar-refractivity contribution in [2.75, 3.05) is 43.6 Å². The number of carbonyl (C=O) groups excluding carboxylic acids is 1. The quantitative estimate of drug-likeness (QED) is 0.589. The Morgan fingerprint density at radius 2 is 1.76 bits per heavy atom. The Bertz CT molecular complexity index is 1160. The number of fused-ring (bicyclic) bond motifs is 1. The van der Waals surface area contributed by atoms with Gasteiger partial charge in [0.25, 0.3) is 5.88 Å². The molecule has 0 spiro atoms. The maximum Gasteiger partial charge on any atom is 0.263 e. The monoisotopic (exact) mass is 462 g/mol. The number of piperidine rings is 1. The summed E-state index contributed by atoms with van der Waals surface area (Å²) >= 11 is 0. The van der Waals surface area contributed by atoms with Gasteiger partial charge in [-0.25, -0.2) is 9.97 Å². The normalized spacial score (nSPS) is 15.5. The standard InChI is InChI=1S/C25H26N4O5/c1-31-19-3-2-4-20(16-19)34-25-23(26-9-10-27-25)29-11-7-17(8-12-29)24(30)28-18-5-6-21-22(15-18)33-14-13-32-21/h2-6,9-10,15-17H,7-8,11-14H2,1H3,(H,28,30). The third kappa shape index (κ3) is 4.83. The number of rotatable bonds is 6. The average molecular weight is 463 g/mol. The van der Waals surface area contributed by atoms with Crippen molar-refractivity contribution in [1.82, 2.24) is 9.97 Å². The predicted molar refractivity (Wildman–Crippen MR) is 126 cm³/mol. The highest BCUT2D eigenvalue weighted by atomic mass is 16.6. The molecule has 0 bridgehead atoms. The summed E-state index contributed by atoms with van der Waals surface area (Å²) < 4.78 is 22.4. The second kappa shape index (κ2) is 9.86. The van der Waals surface area contributed by atoms with E-state index < -0.39 is 0 Å². The van der Waals surface area contributed by atoms with Crippen LogP contribution in [0.15, 0.2) is 54.9 Å². The fourth-order valence-corrected chi connectivity index (χ4v) is 4.10. The molecule has 34 heavy (non-hydrogen) atoms. The first-order valence-electron chi connectivity index (χ1n) is 11.3. The zero-order chi connectivity index (χ0) is 23.3. The van der Waals surface area contributed by atoms with E-state index >= 15 is 0 Å². The summed E-state index contributed by atoms with van der Waals surface area (Å²) in [5.74, 6) is 3.68. The summed E-state index contributed by atoms with van der Waals surface area (Å²) in [7, 11) is 1.61. The Hall–Kier alpha value is -4.01. The third-order valence-corrected chi connectivity index (χ3v) is 5.88. The lowest BCUT2D eigenvalue weighted by atomic mass is 9.96. The molecule has 1 N–H and O–H groups in total. The Balaban J connectivity index is 1.21. The van der Waals surface area contributed by atoms with E-state index in [2.05, 4.69) is 20.2 Å². The zero-order valence-corrected chi connectivity index (χ0v) is 18.9. The van der Waals surface area contributed by atoms with Gasteiger partial charge < -0.3 is 29.2 Å². The first kappa shape index (κ1) is 21.8. The van der Waals surface area contributed by atoms with Crippen molar-refractivity contribution >= 4 is 17.4 Å². The summed E-state index contributed by atoms with van der Waals surface area (Å²) in [6, 6.07) is 12.8. The molecule has 2 aliphatic rings. The Morgan fingerprint density at radius 3 is 2.59 bits per heavy atom. The van der Waals surface area contributed by atoms with Gasteiger partial charge in [-0.15, -0.1) is 0 Å². The minimum absolute atomic E-state index is 0.00308. The lowest BCUT2D eigenvalue weighted by molar-refractivity contribution is -0.120. The molecule has 2 aliphatic heterocycles. The SMILES string of the molecule is COc1cccc(Oc2nccnc2N2CCC(C(=O)Nc3ccc4c(c3)OCCO4)CC2)c1. The number of hydrogen-bond acceptors (Lipinski definition) is 8. The first-order valence-corrected chi connectivity index (χ1v) is 11.3. The minimum Gasteiger partial charge on any atom is -0.497 e. The fraction of sp³-hybridized carbons (Fsp3) is 0.320. The Kier molecular flexibility index (Phi) is 6.33. The molecule has 9 nitrogen and oxygen atoms in total. The van der Waals surface area contributed by atoms with Crippen LogP contribution in [-0.4, -0.2) is 49.3 Å². The lowest BCUT2D eigenvalue weighted by Crippen LogP contribution is -2.38. The van der Waals surface area contributed by atoms with Crippen LogP contribution in [0.2, 0.25) is 0 Å². The van der Waals surface area contributed by atoms with E-state index in [4.69, 9.17) is 18.9 Å². The topological polar surface area (TPSA) is 95.0 Å². The largest absolute Gasteiger partial charge is 0.497 e. The number of nitrogens with zero attached hydrogens (tertiary/aromatic N) is 3. The number of anilines is 2. The number of amides is 1. The summed E-state index contributed by atoms with van der Waals surface area (Å²) in [5, 5.41) is 3.01. The van der Waals surface area contributed by atoms with Crippen LogP contribution < -0.4 is 29.2 Å². The highest BCUT2D eigenvalue weighted by Crippen LogP contribution is 2.34. The molecular formula is C25H26N4O5. The van der Waals surface area contributed by atoms with Gasteiger partial charge in [0, 0.05) is 49.2 Å². The van der Waals surface area contributed by atoms with Crippen LogP contribution in [0.4, 0.5) is 11.5 Å². The van der Waals surface area contributed by atoms with Gasteiger partial charge in [0.15, 0.2) is 17.3 Å². The van der Waals surface area contributed by atoms with Crippen LogP contribution >= 0.6 is 0 Å². The molecule has 1 aromatic heterocycles. The highest BCUT2D eigenvalue weighted by molar-refractivity contribution is 5.93. The van der Waals surface area contributed by atoms with Crippen molar-refractivity contribution in [1.29, 1.82) is 0 Å². The van der Waals surface area contributed by atoms with E-state index in [-0.39, 0.29) is 11.8 Å². The second-order valence-corrected chi connectivity index (χ2v) is 8.08. The minimum atomic E-state index is -0.0936. The molecule has 0 unspecified atom stereocenters. The van der Waals surface area contributed by atoms with E-state index in [0.717, 1.165) is 0 Å². The predicted octanol–water partition coefficient (Wildman–Crippen LogP) is 3.90. The van der Waals surface area contributed by atoms with E-state index in [1.54, 1.807) is 25.6 Å². The van der Waals surface area contributed by atoms with Gasteiger partial charge in [0.05, 0.1) is 7.11 Å². The Morgan fingerprint density at radius 1 is 1.00 bits per heavy atom.